The Morgan fingerprint density at radius 1 is 0.944 bits per heavy atom. The number of hydrogen-bond acceptors (Lipinski definition) is 6. The van der Waals surface area contributed by atoms with Gasteiger partial charge in [-0.05, 0) is 49.6 Å². The molecule has 0 atom stereocenters. The van der Waals surface area contributed by atoms with Gasteiger partial charge in [-0.3, -0.25) is 9.59 Å². The summed E-state index contributed by atoms with van der Waals surface area (Å²) in [6.45, 7) is 6.13. The maximum atomic E-state index is 13.1. The second-order valence-electron chi connectivity index (χ2n) is 9.45. The third-order valence-electron chi connectivity index (χ3n) is 6.97. The molecule has 2 saturated heterocycles. The van der Waals surface area contributed by atoms with E-state index in [0.717, 1.165) is 48.0 Å². The molecule has 0 N–H and O–H groups in total. The average Bonchev–Trinajstić information content (AvgIpc) is 3.40. The van der Waals surface area contributed by atoms with E-state index in [1.54, 1.807) is 23.5 Å². The first-order chi connectivity index (χ1) is 17.5. The zero-order chi connectivity index (χ0) is 25.1. The zero-order valence-corrected chi connectivity index (χ0v) is 21.2. The molecule has 0 unspecified atom stereocenters. The van der Waals surface area contributed by atoms with Gasteiger partial charge in [0, 0.05) is 56.3 Å². The largest absolute Gasteiger partial charge is 0.353 e. The van der Waals surface area contributed by atoms with E-state index in [4.69, 9.17) is 4.98 Å². The van der Waals surface area contributed by atoms with E-state index in [9.17, 15) is 14.0 Å². The summed E-state index contributed by atoms with van der Waals surface area (Å²) in [6.07, 6.45) is 1.95. The Kier molecular flexibility index (Phi) is 7.27. The molecule has 0 saturated carbocycles. The van der Waals surface area contributed by atoms with Crippen molar-refractivity contribution >= 4 is 29.0 Å². The first-order valence-corrected chi connectivity index (χ1v) is 13.3. The molecule has 1 aromatic carbocycles. The molecule has 4 heterocycles. The number of thiazole rings is 1. The van der Waals surface area contributed by atoms with Gasteiger partial charge in [0.1, 0.15) is 17.3 Å². The van der Waals surface area contributed by atoms with Crippen LogP contribution in [0.2, 0.25) is 0 Å². The number of carbonyl (C=O) groups is 2. The summed E-state index contributed by atoms with van der Waals surface area (Å²) >= 11 is 1.54. The number of aryl methyl sites for hydroxylation is 1. The highest BCUT2D eigenvalue weighted by atomic mass is 32.1. The molecule has 0 bridgehead atoms. The highest BCUT2D eigenvalue weighted by Gasteiger charge is 2.28. The van der Waals surface area contributed by atoms with E-state index in [0.29, 0.717) is 31.9 Å². The Morgan fingerprint density at radius 3 is 2.36 bits per heavy atom. The third kappa shape index (κ3) is 5.56. The van der Waals surface area contributed by atoms with E-state index in [-0.39, 0.29) is 30.0 Å². The summed E-state index contributed by atoms with van der Waals surface area (Å²) in [7, 11) is 0. The summed E-state index contributed by atoms with van der Waals surface area (Å²) in [4.78, 5) is 41.0. The SMILES string of the molecule is Cc1cccc(N2CCN(C(=O)c3csc(C4CCN(C(=O)Cc5ccc(F)cc5)CC4)n3)CC2)n1. The first kappa shape index (κ1) is 24.4. The quantitative estimate of drug-likeness (QED) is 0.524. The topological polar surface area (TPSA) is 69.6 Å². The molecule has 2 fully saturated rings. The number of aromatic nitrogens is 2. The predicted octanol–water partition coefficient (Wildman–Crippen LogP) is 3.90. The van der Waals surface area contributed by atoms with E-state index in [1.807, 2.05) is 40.3 Å². The molecule has 3 aromatic rings. The van der Waals surface area contributed by atoms with Crippen molar-refractivity contribution in [2.45, 2.75) is 32.1 Å². The molecule has 0 spiro atoms. The maximum absolute atomic E-state index is 13.1. The molecule has 0 radical (unpaired) electrons. The Labute approximate surface area is 214 Å². The highest BCUT2D eigenvalue weighted by Crippen LogP contribution is 2.31. The fourth-order valence-electron chi connectivity index (χ4n) is 4.84. The Bertz CT molecular complexity index is 1210. The lowest BCUT2D eigenvalue weighted by atomic mass is 9.97. The van der Waals surface area contributed by atoms with Crippen molar-refractivity contribution in [3.05, 3.63) is 75.6 Å². The number of anilines is 1. The van der Waals surface area contributed by atoms with Gasteiger partial charge in [0.2, 0.25) is 5.91 Å². The van der Waals surface area contributed by atoms with Crippen molar-refractivity contribution in [1.29, 1.82) is 0 Å². The minimum atomic E-state index is -0.296. The van der Waals surface area contributed by atoms with Crippen molar-refractivity contribution < 1.29 is 14.0 Å². The Morgan fingerprint density at radius 2 is 1.67 bits per heavy atom. The summed E-state index contributed by atoms with van der Waals surface area (Å²) in [5.74, 6) is 0.975. The van der Waals surface area contributed by atoms with Crippen molar-refractivity contribution in [2.24, 2.45) is 0 Å². The molecule has 2 aliphatic heterocycles. The highest BCUT2D eigenvalue weighted by molar-refractivity contribution is 7.09. The number of piperazine rings is 1. The van der Waals surface area contributed by atoms with Gasteiger partial charge in [-0.15, -0.1) is 11.3 Å². The molecule has 2 amide bonds. The van der Waals surface area contributed by atoms with E-state index < -0.39 is 0 Å². The molecule has 188 valence electrons. The number of halogens is 1. The molecule has 0 aliphatic carbocycles. The lowest BCUT2D eigenvalue weighted by Crippen LogP contribution is -2.49. The standard InChI is InChI=1S/C27H30FN5O2S/c1-19-3-2-4-24(29-19)31-13-15-33(16-14-31)27(35)23-18-36-26(30-23)21-9-11-32(12-10-21)25(34)17-20-5-7-22(28)8-6-20/h2-8,18,21H,9-17H2,1H3. The number of nitrogens with zero attached hydrogens (tertiary/aromatic N) is 5. The first-order valence-electron chi connectivity index (χ1n) is 12.4. The number of piperidine rings is 1. The van der Waals surface area contributed by atoms with Crippen LogP contribution in [0.25, 0.3) is 0 Å². The number of amides is 2. The number of carbonyl (C=O) groups excluding carboxylic acids is 2. The average molecular weight is 508 g/mol. The van der Waals surface area contributed by atoms with E-state index in [2.05, 4.69) is 9.88 Å². The number of pyridine rings is 1. The number of benzene rings is 1. The fraction of sp³-hybridized carbons (Fsp3) is 0.407. The molecular formula is C27H30FN5O2S. The Hall–Kier alpha value is -3.33. The maximum Gasteiger partial charge on any atom is 0.273 e. The molecule has 7 nitrogen and oxygen atoms in total. The van der Waals surface area contributed by atoms with Gasteiger partial charge in [0.05, 0.1) is 11.4 Å². The van der Waals surface area contributed by atoms with Gasteiger partial charge in [0.15, 0.2) is 0 Å². The van der Waals surface area contributed by atoms with Crippen molar-refractivity contribution in [2.75, 3.05) is 44.2 Å². The molecular weight excluding hydrogens is 477 g/mol. The van der Waals surface area contributed by atoms with Crippen molar-refractivity contribution in [3.63, 3.8) is 0 Å². The van der Waals surface area contributed by atoms with Gasteiger partial charge in [-0.1, -0.05) is 18.2 Å². The van der Waals surface area contributed by atoms with E-state index in [1.165, 1.54) is 12.1 Å². The number of hydrogen-bond donors (Lipinski definition) is 0. The summed E-state index contributed by atoms with van der Waals surface area (Å²) in [5.41, 5.74) is 2.33. The minimum Gasteiger partial charge on any atom is -0.353 e. The monoisotopic (exact) mass is 507 g/mol. The van der Waals surface area contributed by atoms with Crippen LogP contribution in [0, 0.1) is 12.7 Å². The van der Waals surface area contributed by atoms with Crippen LogP contribution in [-0.2, 0) is 11.2 Å². The second-order valence-corrected chi connectivity index (χ2v) is 10.3. The number of likely N-dealkylation sites (tertiary alicyclic amines) is 1. The second kappa shape index (κ2) is 10.7. The van der Waals surface area contributed by atoms with Crippen molar-refractivity contribution in [1.82, 2.24) is 19.8 Å². The minimum absolute atomic E-state index is 0.0127. The summed E-state index contributed by atoms with van der Waals surface area (Å²) in [6, 6.07) is 12.1. The Balaban J connectivity index is 1.12. The third-order valence-corrected chi connectivity index (χ3v) is 7.98. The lowest BCUT2D eigenvalue weighted by molar-refractivity contribution is -0.131. The van der Waals surface area contributed by atoms with Gasteiger partial charge in [-0.25, -0.2) is 14.4 Å². The van der Waals surface area contributed by atoms with E-state index >= 15 is 0 Å². The molecule has 36 heavy (non-hydrogen) atoms. The van der Waals surface area contributed by atoms with Crippen LogP contribution in [-0.4, -0.2) is 70.9 Å². The van der Waals surface area contributed by atoms with Crippen LogP contribution >= 0.6 is 11.3 Å². The van der Waals surface area contributed by atoms with Gasteiger partial charge >= 0.3 is 0 Å². The van der Waals surface area contributed by atoms with Gasteiger partial charge in [-0.2, -0.15) is 0 Å². The smallest absolute Gasteiger partial charge is 0.273 e. The number of rotatable bonds is 5. The normalized spacial score (nSPS) is 16.9. The molecule has 9 heteroatoms. The van der Waals surface area contributed by atoms with Crippen LogP contribution in [0.1, 0.15) is 45.5 Å². The molecule has 2 aromatic heterocycles. The molecule has 2 aliphatic rings. The van der Waals surface area contributed by atoms with Crippen LogP contribution in [0.15, 0.2) is 47.8 Å². The van der Waals surface area contributed by atoms with Crippen LogP contribution in [0.5, 0.6) is 0 Å². The van der Waals surface area contributed by atoms with Crippen LogP contribution < -0.4 is 4.90 Å². The van der Waals surface area contributed by atoms with Crippen LogP contribution in [0.4, 0.5) is 10.2 Å². The van der Waals surface area contributed by atoms with Gasteiger partial charge < -0.3 is 14.7 Å². The fourth-order valence-corrected chi connectivity index (χ4v) is 5.81. The van der Waals surface area contributed by atoms with Crippen molar-refractivity contribution in [3.8, 4) is 0 Å². The lowest BCUT2D eigenvalue weighted by Gasteiger charge is -2.35. The summed E-state index contributed by atoms with van der Waals surface area (Å²) in [5, 5.41) is 2.85. The molecule has 5 rings (SSSR count). The van der Waals surface area contributed by atoms with Gasteiger partial charge in [0.25, 0.3) is 5.91 Å². The predicted molar refractivity (Wildman–Crippen MR) is 138 cm³/mol. The summed E-state index contributed by atoms with van der Waals surface area (Å²) < 4.78 is 13.1. The van der Waals surface area contributed by atoms with Crippen LogP contribution in [0.3, 0.4) is 0 Å². The zero-order valence-electron chi connectivity index (χ0n) is 20.4.